The number of fused-ring (bicyclic) bond motifs is 1. The molecule has 2 aromatic rings. The SMILES string of the molecule is NNC(C1=CCCCCC1)c1cccc2nccnc12. The number of hydrogen-bond donors (Lipinski definition) is 2. The van der Waals surface area contributed by atoms with Crippen LogP contribution in [0.3, 0.4) is 0 Å². The third-order valence-electron chi connectivity index (χ3n) is 3.95. The molecule has 4 heteroatoms. The Balaban J connectivity index is 2.05. The average Bonchev–Trinajstić information content (AvgIpc) is 2.78. The van der Waals surface area contributed by atoms with Crippen molar-refractivity contribution in [1.82, 2.24) is 15.4 Å². The van der Waals surface area contributed by atoms with Crippen molar-refractivity contribution in [3.05, 3.63) is 47.8 Å². The molecule has 3 rings (SSSR count). The van der Waals surface area contributed by atoms with E-state index >= 15 is 0 Å². The molecule has 0 aliphatic heterocycles. The fourth-order valence-corrected chi connectivity index (χ4v) is 2.95. The fraction of sp³-hybridized carbons (Fsp3) is 0.375. The van der Waals surface area contributed by atoms with Crippen LogP contribution in [0.5, 0.6) is 0 Å². The van der Waals surface area contributed by atoms with Gasteiger partial charge in [0.25, 0.3) is 0 Å². The van der Waals surface area contributed by atoms with Gasteiger partial charge in [0.2, 0.25) is 0 Å². The lowest BCUT2D eigenvalue weighted by Gasteiger charge is -2.20. The lowest BCUT2D eigenvalue weighted by atomic mass is 9.94. The first-order chi connectivity index (χ1) is 9.90. The van der Waals surface area contributed by atoms with Gasteiger partial charge in [-0.3, -0.25) is 15.8 Å². The van der Waals surface area contributed by atoms with Crippen molar-refractivity contribution in [2.75, 3.05) is 0 Å². The van der Waals surface area contributed by atoms with E-state index in [2.05, 4.69) is 27.5 Å². The second-order valence-electron chi connectivity index (χ2n) is 5.25. The minimum absolute atomic E-state index is 0.0356. The van der Waals surface area contributed by atoms with Crippen LogP contribution < -0.4 is 11.3 Å². The molecule has 1 aromatic heterocycles. The highest BCUT2D eigenvalue weighted by Crippen LogP contribution is 2.31. The van der Waals surface area contributed by atoms with Crippen molar-refractivity contribution in [2.45, 2.75) is 38.1 Å². The molecule has 20 heavy (non-hydrogen) atoms. The second-order valence-corrected chi connectivity index (χ2v) is 5.25. The maximum atomic E-state index is 5.84. The Morgan fingerprint density at radius 1 is 1.10 bits per heavy atom. The highest BCUT2D eigenvalue weighted by Gasteiger charge is 2.19. The highest BCUT2D eigenvalue weighted by molar-refractivity contribution is 5.78. The molecule has 0 radical (unpaired) electrons. The summed E-state index contributed by atoms with van der Waals surface area (Å²) in [6.45, 7) is 0. The van der Waals surface area contributed by atoms with Gasteiger partial charge in [-0.2, -0.15) is 0 Å². The van der Waals surface area contributed by atoms with Crippen LogP contribution >= 0.6 is 0 Å². The molecule has 1 aromatic carbocycles. The first-order valence-corrected chi connectivity index (χ1v) is 7.25. The van der Waals surface area contributed by atoms with E-state index in [1.807, 2.05) is 12.1 Å². The third-order valence-corrected chi connectivity index (χ3v) is 3.95. The number of aromatic nitrogens is 2. The number of hydrazine groups is 1. The van der Waals surface area contributed by atoms with Gasteiger partial charge in [-0.05, 0) is 31.7 Å². The molecule has 1 atom stereocenters. The molecule has 4 nitrogen and oxygen atoms in total. The number of hydrogen-bond acceptors (Lipinski definition) is 4. The lowest BCUT2D eigenvalue weighted by Crippen LogP contribution is -2.29. The van der Waals surface area contributed by atoms with Crippen LogP contribution in [-0.2, 0) is 0 Å². The Labute approximate surface area is 119 Å². The minimum Gasteiger partial charge on any atom is -0.271 e. The number of nitrogens with two attached hydrogens (primary N) is 1. The van der Waals surface area contributed by atoms with Gasteiger partial charge in [0.15, 0.2) is 0 Å². The predicted molar refractivity (Wildman–Crippen MR) is 80.8 cm³/mol. The van der Waals surface area contributed by atoms with Crippen molar-refractivity contribution in [2.24, 2.45) is 5.84 Å². The van der Waals surface area contributed by atoms with E-state index in [0.717, 1.165) is 29.4 Å². The summed E-state index contributed by atoms with van der Waals surface area (Å²) in [5.74, 6) is 5.84. The maximum Gasteiger partial charge on any atom is 0.0938 e. The summed E-state index contributed by atoms with van der Waals surface area (Å²) in [5.41, 5.74) is 7.32. The van der Waals surface area contributed by atoms with E-state index in [9.17, 15) is 0 Å². The quantitative estimate of drug-likeness (QED) is 0.510. The van der Waals surface area contributed by atoms with Crippen LogP contribution in [0.15, 0.2) is 42.2 Å². The van der Waals surface area contributed by atoms with Crippen molar-refractivity contribution in [1.29, 1.82) is 0 Å². The molecular weight excluding hydrogens is 248 g/mol. The highest BCUT2D eigenvalue weighted by atomic mass is 15.2. The standard InChI is InChI=1S/C16H20N4/c17-20-15(12-6-3-1-2-4-7-12)13-8-5-9-14-16(13)19-11-10-18-14/h5-6,8-11,15,20H,1-4,7,17H2. The van der Waals surface area contributed by atoms with Crippen LogP contribution in [0, 0.1) is 0 Å². The summed E-state index contributed by atoms with van der Waals surface area (Å²) in [7, 11) is 0. The molecule has 0 amide bonds. The Morgan fingerprint density at radius 2 is 2.00 bits per heavy atom. The van der Waals surface area contributed by atoms with Gasteiger partial charge >= 0.3 is 0 Å². The molecular formula is C16H20N4. The molecule has 104 valence electrons. The molecule has 0 saturated heterocycles. The number of rotatable bonds is 3. The van der Waals surface area contributed by atoms with Crippen molar-refractivity contribution in [3.63, 3.8) is 0 Å². The Morgan fingerprint density at radius 3 is 2.90 bits per heavy atom. The van der Waals surface area contributed by atoms with Crippen molar-refractivity contribution >= 4 is 11.0 Å². The number of allylic oxidation sites excluding steroid dienone is 1. The number of para-hydroxylation sites is 1. The van der Waals surface area contributed by atoms with Gasteiger partial charge in [0.1, 0.15) is 0 Å². The van der Waals surface area contributed by atoms with E-state index < -0.39 is 0 Å². The molecule has 1 heterocycles. The van der Waals surface area contributed by atoms with E-state index in [1.54, 1.807) is 12.4 Å². The van der Waals surface area contributed by atoms with E-state index in [-0.39, 0.29) is 6.04 Å². The Kier molecular flexibility index (Phi) is 4.04. The zero-order valence-corrected chi connectivity index (χ0v) is 11.5. The molecule has 0 bridgehead atoms. The first-order valence-electron chi connectivity index (χ1n) is 7.25. The average molecular weight is 268 g/mol. The molecule has 0 fully saturated rings. The summed E-state index contributed by atoms with van der Waals surface area (Å²) in [6.07, 6.45) is 11.9. The van der Waals surface area contributed by atoms with E-state index in [0.29, 0.717) is 0 Å². The molecule has 3 N–H and O–H groups in total. The zero-order chi connectivity index (χ0) is 13.8. The Hall–Kier alpha value is -1.78. The lowest BCUT2D eigenvalue weighted by molar-refractivity contribution is 0.595. The van der Waals surface area contributed by atoms with Crippen LogP contribution in [0.2, 0.25) is 0 Å². The number of nitrogens with one attached hydrogen (secondary N) is 1. The van der Waals surface area contributed by atoms with Crippen molar-refractivity contribution in [3.8, 4) is 0 Å². The monoisotopic (exact) mass is 268 g/mol. The van der Waals surface area contributed by atoms with E-state index in [4.69, 9.17) is 5.84 Å². The summed E-state index contributed by atoms with van der Waals surface area (Å²) >= 11 is 0. The molecule has 0 spiro atoms. The second kappa shape index (κ2) is 6.11. The molecule has 0 saturated carbocycles. The summed E-state index contributed by atoms with van der Waals surface area (Å²) < 4.78 is 0. The van der Waals surface area contributed by atoms with Crippen molar-refractivity contribution < 1.29 is 0 Å². The normalized spacial score (nSPS) is 17.6. The topological polar surface area (TPSA) is 63.8 Å². The smallest absolute Gasteiger partial charge is 0.0938 e. The van der Waals surface area contributed by atoms with Gasteiger partial charge in [0.05, 0.1) is 17.1 Å². The minimum atomic E-state index is 0.0356. The van der Waals surface area contributed by atoms with Gasteiger partial charge in [-0.1, -0.05) is 30.2 Å². The van der Waals surface area contributed by atoms with Crippen LogP contribution in [0.1, 0.15) is 43.7 Å². The predicted octanol–water partition coefficient (Wildman–Crippen LogP) is 3.02. The third kappa shape index (κ3) is 2.57. The Bertz CT molecular complexity index is 615. The summed E-state index contributed by atoms with van der Waals surface area (Å²) in [6, 6.07) is 6.13. The maximum absolute atomic E-state index is 5.84. The summed E-state index contributed by atoms with van der Waals surface area (Å²) in [4.78, 5) is 8.85. The first kappa shape index (κ1) is 13.2. The number of nitrogens with zero attached hydrogens (tertiary/aromatic N) is 2. The fourth-order valence-electron chi connectivity index (χ4n) is 2.95. The largest absolute Gasteiger partial charge is 0.271 e. The van der Waals surface area contributed by atoms with Gasteiger partial charge in [0, 0.05) is 18.0 Å². The molecule has 1 unspecified atom stereocenters. The molecule has 1 aliphatic carbocycles. The molecule has 1 aliphatic rings. The van der Waals surface area contributed by atoms with E-state index in [1.165, 1.54) is 24.8 Å². The van der Waals surface area contributed by atoms with Crippen LogP contribution in [-0.4, -0.2) is 9.97 Å². The van der Waals surface area contributed by atoms with Crippen LogP contribution in [0.25, 0.3) is 11.0 Å². The van der Waals surface area contributed by atoms with Gasteiger partial charge in [-0.15, -0.1) is 0 Å². The zero-order valence-electron chi connectivity index (χ0n) is 11.5. The van der Waals surface area contributed by atoms with Gasteiger partial charge in [-0.25, -0.2) is 5.43 Å². The van der Waals surface area contributed by atoms with Gasteiger partial charge < -0.3 is 0 Å². The van der Waals surface area contributed by atoms with Crippen LogP contribution in [0.4, 0.5) is 0 Å². The number of benzene rings is 1. The summed E-state index contributed by atoms with van der Waals surface area (Å²) in [5, 5.41) is 0.